The normalized spacial score (nSPS) is 14.1. The van der Waals surface area contributed by atoms with Crippen LogP contribution in [0.5, 0.6) is 0 Å². The van der Waals surface area contributed by atoms with Crippen molar-refractivity contribution in [1.82, 2.24) is 14.8 Å². The monoisotopic (exact) mass is 534 g/mol. The summed E-state index contributed by atoms with van der Waals surface area (Å²) >= 11 is 0. The van der Waals surface area contributed by atoms with Gasteiger partial charge in [-0.05, 0) is 69.2 Å². The number of amides is 2. The molecule has 9 nitrogen and oxygen atoms in total. The Kier molecular flexibility index (Phi) is 6.96. The number of carbonyl (C=O) groups excluding carboxylic acids is 2. The summed E-state index contributed by atoms with van der Waals surface area (Å²) in [5, 5.41) is 20.0. The van der Waals surface area contributed by atoms with Crippen LogP contribution in [0.25, 0.3) is 16.8 Å². The molecule has 0 radical (unpaired) electrons. The second kappa shape index (κ2) is 10.4. The summed E-state index contributed by atoms with van der Waals surface area (Å²) < 4.78 is 6.96. The molecule has 1 saturated heterocycles. The van der Waals surface area contributed by atoms with E-state index in [9.17, 15) is 14.9 Å². The van der Waals surface area contributed by atoms with Crippen LogP contribution in [0.1, 0.15) is 42.3 Å². The van der Waals surface area contributed by atoms with Crippen LogP contribution in [0.15, 0.2) is 73.3 Å². The second-order valence-electron chi connectivity index (χ2n) is 10.9. The molecular formula is C31H30N6O3. The lowest BCUT2D eigenvalue weighted by Crippen LogP contribution is -2.49. The van der Waals surface area contributed by atoms with Crippen LogP contribution < -0.4 is 10.6 Å². The van der Waals surface area contributed by atoms with Crippen molar-refractivity contribution in [3.63, 3.8) is 0 Å². The Morgan fingerprint density at radius 2 is 1.90 bits per heavy atom. The van der Waals surface area contributed by atoms with E-state index in [1.807, 2.05) is 58.2 Å². The summed E-state index contributed by atoms with van der Waals surface area (Å²) in [5.74, 6) is -0.368. The third-order valence-corrected chi connectivity index (χ3v) is 7.19. The fourth-order valence-corrected chi connectivity index (χ4v) is 4.39. The van der Waals surface area contributed by atoms with Crippen LogP contribution >= 0.6 is 0 Å². The van der Waals surface area contributed by atoms with E-state index in [0.29, 0.717) is 30.2 Å². The first-order valence-corrected chi connectivity index (χ1v) is 12.9. The number of nitriles is 1. The molecule has 2 aromatic heterocycles. The highest BCUT2D eigenvalue weighted by Crippen LogP contribution is 2.32. The van der Waals surface area contributed by atoms with E-state index >= 15 is 0 Å². The van der Waals surface area contributed by atoms with Gasteiger partial charge in [0.25, 0.3) is 5.91 Å². The first-order valence-electron chi connectivity index (χ1n) is 12.9. The maximum atomic E-state index is 13.1. The van der Waals surface area contributed by atoms with E-state index in [0.717, 1.165) is 27.9 Å². The highest BCUT2D eigenvalue weighted by Gasteiger charge is 2.41. The Bertz CT molecular complexity index is 1640. The minimum atomic E-state index is -0.703. The van der Waals surface area contributed by atoms with Gasteiger partial charge in [-0.25, -0.2) is 4.68 Å². The zero-order chi connectivity index (χ0) is 28.5. The predicted octanol–water partition coefficient (Wildman–Crippen LogP) is 5.27. The Morgan fingerprint density at radius 1 is 1.10 bits per heavy atom. The van der Waals surface area contributed by atoms with Crippen molar-refractivity contribution < 1.29 is 14.3 Å². The number of aromatic nitrogens is 3. The fraction of sp³-hybridized carbons (Fsp3) is 0.258. The second-order valence-corrected chi connectivity index (χ2v) is 10.9. The van der Waals surface area contributed by atoms with E-state index in [2.05, 4.69) is 26.8 Å². The third-order valence-electron chi connectivity index (χ3n) is 7.19. The molecular weight excluding hydrogens is 504 g/mol. The van der Waals surface area contributed by atoms with E-state index in [4.69, 9.17) is 4.74 Å². The lowest BCUT2D eigenvalue weighted by atomic mass is 9.85. The summed E-state index contributed by atoms with van der Waals surface area (Å²) in [6, 6.07) is 16.7. The summed E-state index contributed by atoms with van der Waals surface area (Å²) in [7, 11) is 0. The molecule has 1 fully saturated rings. The quantitative estimate of drug-likeness (QED) is 0.333. The Balaban J connectivity index is 1.38. The number of pyridine rings is 1. The average molecular weight is 535 g/mol. The van der Waals surface area contributed by atoms with Gasteiger partial charge < -0.3 is 15.4 Å². The van der Waals surface area contributed by atoms with E-state index < -0.39 is 10.8 Å². The van der Waals surface area contributed by atoms with Crippen molar-refractivity contribution in [2.45, 2.75) is 33.1 Å². The van der Waals surface area contributed by atoms with Gasteiger partial charge in [0.2, 0.25) is 5.91 Å². The maximum Gasteiger partial charge on any atom is 0.255 e. The van der Waals surface area contributed by atoms with Crippen LogP contribution in [0.2, 0.25) is 0 Å². The molecule has 0 atom stereocenters. The predicted molar refractivity (Wildman–Crippen MR) is 152 cm³/mol. The summed E-state index contributed by atoms with van der Waals surface area (Å²) in [6.45, 7) is 8.27. The van der Waals surface area contributed by atoms with Gasteiger partial charge >= 0.3 is 0 Å². The van der Waals surface area contributed by atoms with E-state index in [-0.39, 0.29) is 11.8 Å². The number of benzene rings is 2. The maximum absolute atomic E-state index is 13.1. The highest BCUT2D eigenvalue weighted by molar-refractivity contribution is 6.04. The number of carbonyl (C=O) groups is 2. The minimum Gasteiger partial charge on any atom is -0.379 e. The number of ether oxygens (including phenoxy) is 1. The topological polar surface area (TPSA) is 122 Å². The van der Waals surface area contributed by atoms with Crippen molar-refractivity contribution in [3.05, 3.63) is 90.0 Å². The molecule has 2 N–H and O–H groups in total. The van der Waals surface area contributed by atoms with Crippen molar-refractivity contribution in [2.24, 2.45) is 5.41 Å². The first kappa shape index (κ1) is 26.8. The molecule has 0 unspecified atom stereocenters. The number of rotatable bonds is 7. The third kappa shape index (κ3) is 5.22. The smallest absolute Gasteiger partial charge is 0.255 e. The number of hydrogen-bond acceptors (Lipinski definition) is 6. The molecule has 2 aromatic carbocycles. The van der Waals surface area contributed by atoms with Crippen LogP contribution in [0, 0.1) is 23.7 Å². The number of aryl methyl sites for hydroxylation is 1. The molecule has 1 aliphatic heterocycles. The van der Waals surface area contributed by atoms with Crippen LogP contribution in [-0.2, 0) is 14.9 Å². The molecule has 1 aliphatic rings. The molecule has 0 saturated carbocycles. The minimum absolute atomic E-state index is 0.0976. The number of anilines is 2. The number of hydrogen-bond donors (Lipinski definition) is 2. The van der Waals surface area contributed by atoms with Crippen LogP contribution in [-0.4, -0.2) is 39.8 Å². The molecule has 2 amide bonds. The first-order chi connectivity index (χ1) is 19.1. The molecule has 0 aliphatic carbocycles. The molecule has 0 spiro atoms. The Morgan fingerprint density at radius 3 is 2.62 bits per heavy atom. The van der Waals surface area contributed by atoms with Gasteiger partial charge in [0.15, 0.2) is 0 Å². The molecule has 40 heavy (non-hydrogen) atoms. The van der Waals surface area contributed by atoms with Gasteiger partial charge in [0, 0.05) is 41.0 Å². The lowest BCUT2D eigenvalue weighted by molar-refractivity contribution is -0.151. The van der Waals surface area contributed by atoms with E-state index in [1.54, 1.807) is 47.5 Å². The van der Waals surface area contributed by atoms with Gasteiger partial charge in [-0.2, -0.15) is 10.4 Å². The SMILES string of the molecule is Cc1ccc(NC(=O)c2cccc(C(C)(C)C#N)c2)cc1-n1cc(-c2cnccc2NC(=O)C2(C)COC2)cn1. The molecule has 3 heterocycles. The number of nitrogens with zero attached hydrogens (tertiary/aromatic N) is 4. The molecule has 0 bridgehead atoms. The van der Waals surface area contributed by atoms with Gasteiger partial charge in [-0.3, -0.25) is 14.6 Å². The summed E-state index contributed by atoms with van der Waals surface area (Å²) in [5.41, 5.74) is 4.53. The zero-order valence-electron chi connectivity index (χ0n) is 22.9. The van der Waals surface area contributed by atoms with Gasteiger partial charge in [-0.1, -0.05) is 18.2 Å². The van der Waals surface area contributed by atoms with Crippen molar-refractivity contribution in [3.8, 4) is 22.9 Å². The molecule has 202 valence electrons. The Labute approximate surface area is 232 Å². The van der Waals surface area contributed by atoms with Crippen LogP contribution in [0.4, 0.5) is 11.4 Å². The zero-order valence-corrected chi connectivity index (χ0v) is 22.9. The molecule has 4 aromatic rings. The van der Waals surface area contributed by atoms with Gasteiger partial charge in [0.05, 0.1) is 47.7 Å². The molecule has 9 heteroatoms. The van der Waals surface area contributed by atoms with Crippen molar-refractivity contribution in [1.29, 1.82) is 5.26 Å². The average Bonchev–Trinajstić information content (AvgIpc) is 3.43. The van der Waals surface area contributed by atoms with Gasteiger partial charge in [0.1, 0.15) is 0 Å². The Hall–Kier alpha value is -4.81. The summed E-state index contributed by atoms with van der Waals surface area (Å²) in [6.07, 6.45) is 6.91. The fourth-order valence-electron chi connectivity index (χ4n) is 4.39. The lowest BCUT2D eigenvalue weighted by Gasteiger charge is -2.36. The highest BCUT2D eigenvalue weighted by atomic mass is 16.5. The molecule has 5 rings (SSSR count). The van der Waals surface area contributed by atoms with Crippen molar-refractivity contribution in [2.75, 3.05) is 23.8 Å². The largest absolute Gasteiger partial charge is 0.379 e. The van der Waals surface area contributed by atoms with Crippen LogP contribution in [0.3, 0.4) is 0 Å². The van der Waals surface area contributed by atoms with E-state index in [1.165, 1.54) is 0 Å². The van der Waals surface area contributed by atoms with Crippen molar-refractivity contribution >= 4 is 23.2 Å². The number of nitrogens with one attached hydrogen (secondary N) is 2. The van der Waals surface area contributed by atoms with Gasteiger partial charge in [-0.15, -0.1) is 0 Å². The standard InChI is InChI=1S/C31H30N6O3/c1-20-8-9-24(35-28(38)21-6-5-7-23(12-21)30(2,3)17-32)13-27(20)37-16-22(14-34-37)25-15-33-11-10-26(25)36-29(39)31(4)18-40-19-31/h5-16H,18-19H2,1-4H3,(H,35,38)(H,33,36,39). The summed E-state index contributed by atoms with van der Waals surface area (Å²) in [4.78, 5) is 30.1.